The third kappa shape index (κ3) is 2.29. The first-order chi connectivity index (χ1) is 9.24. The molecule has 0 amide bonds. The molecule has 0 radical (unpaired) electrons. The Morgan fingerprint density at radius 2 is 2.26 bits per heavy atom. The average molecular weight is 258 g/mol. The van der Waals surface area contributed by atoms with E-state index < -0.39 is 0 Å². The molecule has 0 spiro atoms. The lowest BCUT2D eigenvalue weighted by Crippen LogP contribution is -2.27. The molecule has 0 aliphatic heterocycles. The Bertz CT molecular complexity index is 608. The van der Waals surface area contributed by atoms with Crippen molar-refractivity contribution >= 4 is 11.4 Å². The van der Waals surface area contributed by atoms with Crippen LogP contribution in [0.25, 0.3) is 0 Å². The van der Waals surface area contributed by atoms with Crippen molar-refractivity contribution in [3.63, 3.8) is 0 Å². The van der Waals surface area contributed by atoms with Crippen LogP contribution in [0.5, 0.6) is 0 Å². The van der Waals surface area contributed by atoms with E-state index in [0.29, 0.717) is 5.69 Å². The molecular weight excluding hydrogens is 244 g/mol. The zero-order valence-corrected chi connectivity index (χ0v) is 10.3. The van der Waals surface area contributed by atoms with E-state index in [2.05, 4.69) is 15.5 Å². The number of hydrogen-bond acceptors (Lipinski definition) is 4. The molecule has 1 heterocycles. The zero-order chi connectivity index (χ0) is 13.2. The molecule has 1 aliphatic carbocycles. The maximum absolute atomic E-state index is 11.0. The quantitative estimate of drug-likeness (QED) is 0.653. The van der Waals surface area contributed by atoms with Crippen LogP contribution in [-0.2, 0) is 12.8 Å². The lowest BCUT2D eigenvalue weighted by molar-refractivity contribution is -0.384. The lowest BCUT2D eigenvalue weighted by atomic mass is 9.93. The predicted octanol–water partition coefficient (Wildman–Crippen LogP) is 2.29. The first kappa shape index (κ1) is 11.7. The molecule has 1 aliphatic rings. The molecule has 98 valence electrons. The van der Waals surface area contributed by atoms with Gasteiger partial charge in [0.05, 0.1) is 11.1 Å². The SMILES string of the molecule is O=[N+]([O-])c1ccccc1NC1CCc2[nH]ncc2C1. The normalized spacial score (nSPS) is 17.8. The Hall–Kier alpha value is -2.37. The second-order valence-corrected chi connectivity index (χ2v) is 4.73. The van der Waals surface area contributed by atoms with E-state index in [1.165, 1.54) is 17.3 Å². The Morgan fingerprint density at radius 3 is 3.11 bits per heavy atom. The van der Waals surface area contributed by atoms with Crippen LogP contribution >= 0.6 is 0 Å². The van der Waals surface area contributed by atoms with Crippen molar-refractivity contribution in [2.45, 2.75) is 25.3 Å². The number of aryl methyl sites for hydroxylation is 1. The van der Waals surface area contributed by atoms with Gasteiger partial charge >= 0.3 is 0 Å². The topological polar surface area (TPSA) is 83.9 Å². The van der Waals surface area contributed by atoms with E-state index in [1.54, 1.807) is 18.2 Å². The summed E-state index contributed by atoms with van der Waals surface area (Å²) >= 11 is 0. The highest BCUT2D eigenvalue weighted by Gasteiger charge is 2.22. The fourth-order valence-corrected chi connectivity index (χ4v) is 2.51. The van der Waals surface area contributed by atoms with Crippen LogP contribution in [0, 0.1) is 10.1 Å². The summed E-state index contributed by atoms with van der Waals surface area (Å²) in [5.41, 5.74) is 3.09. The molecule has 19 heavy (non-hydrogen) atoms. The summed E-state index contributed by atoms with van der Waals surface area (Å²) in [6.45, 7) is 0. The van der Waals surface area contributed by atoms with Crippen LogP contribution in [0.2, 0.25) is 0 Å². The van der Waals surface area contributed by atoms with Gasteiger partial charge in [-0.2, -0.15) is 5.10 Å². The standard InChI is InChI=1S/C13H14N4O2/c18-17(19)13-4-2-1-3-12(13)15-10-5-6-11-9(7-10)8-14-16-11/h1-4,8,10,15H,5-7H2,(H,14,16). The van der Waals surface area contributed by atoms with Crippen LogP contribution in [0.15, 0.2) is 30.5 Å². The number of nitrogens with zero attached hydrogens (tertiary/aromatic N) is 2. The molecule has 0 bridgehead atoms. The Kier molecular flexibility index (Phi) is 2.91. The Labute approximate surface area is 110 Å². The number of nitrogens with one attached hydrogen (secondary N) is 2. The van der Waals surface area contributed by atoms with E-state index in [0.717, 1.165) is 19.3 Å². The van der Waals surface area contributed by atoms with Gasteiger partial charge in [-0.3, -0.25) is 15.2 Å². The number of para-hydroxylation sites is 2. The highest BCUT2D eigenvalue weighted by atomic mass is 16.6. The lowest BCUT2D eigenvalue weighted by Gasteiger charge is -2.23. The highest BCUT2D eigenvalue weighted by Crippen LogP contribution is 2.27. The molecule has 1 aromatic carbocycles. The number of aromatic amines is 1. The van der Waals surface area contributed by atoms with Gasteiger partial charge in [-0.25, -0.2) is 0 Å². The summed E-state index contributed by atoms with van der Waals surface area (Å²) in [4.78, 5) is 10.6. The molecule has 6 heteroatoms. The fourth-order valence-electron chi connectivity index (χ4n) is 2.51. The van der Waals surface area contributed by atoms with Gasteiger partial charge in [0.1, 0.15) is 5.69 Å². The average Bonchev–Trinajstić information content (AvgIpc) is 2.86. The van der Waals surface area contributed by atoms with Crippen LogP contribution in [0.3, 0.4) is 0 Å². The van der Waals surface area contributed by atoms with E-state index in [-0.39, 0.29) is 16.7 Å². The molecule has 0 saturated heterocycles. The van der Waals surface area contributed by atoms with Crippen LogP contribution in [0.1, 0.15) is 17.7 Å². The third-order valence-electron chi connectivity index (χ3n) is 3.48. The van der Waals surface area contributed by atoms with Crippen molar-refractivity contribution < 1.29 is 4.92 Å². The number of nitro benzene ring substituents is 1. The molecule has 1 aromatic heterocycles. The van der Waals surface area contributed by atoms with Gasteiger partial charge in [0.25, 0.3) is 5.69 Å². The van der Waals surface area contributed by atoms with Gasteiger partial charge in [0, 0.05) is 17.8 Å². The second-order valence-electron chi connectivity index (χ2n) is 4.73. The molecule has 3 rings (SSSR count). The van der Waals surface area contributed by atoms with E-state index >= 15 is 0 Å². The van der Waals surface area contributed by atoms with Crippen molar-refractivity contribution in [3.05, 3.63) is 51.8 Å². The maximum Gasteiger partial charge on any atom is 0.292 e. The minimum absolute atomic E-state index is 0.125. The van der Waals surface area contributed by atoms with Gasteiger partial charge in [0.15, 0.2) is 0 Å². The first-order valence-electron chi connectivity index (χ1n) is 6.25. The number of rotatable bonds is 3. The summed E-state index contributed by atoms with van der Waals surface area (Å²) in [5.74, 6) is 0. The number of benzene rings is 1. The largest absolute Gasteiger partial charge is 0.376 e. The number of aromatic nitrogens is 2. The predicted molar refractivity (Wildman–Crippen MR) is 71.1 cm³/mol. The van der Waals surface area contributed by atoms with Crippen molar-refractivity contribution in [1.29, 1.82) is 0 Å². The van der Waals surface area contributed by atoms with Gasteiger partial charge in [0.2, 0.25) is 0 Å². The monoisotopic (exact) mass is 258 g/mol. The van der Waals surface area contributed by atoms with Crippen LogP contribution < -0.4 is 5.32 Å². The number of anilines is 1. The molecule has 0 fully saturated rings. The maximum atomic E-state index is 11.0. The fraction of sp³-hybridized carbons (Fsp3) is 0.308. The molecule has 0 saturated carbocycles. The summed E-state index contributed by atoms with van der Waals surface area (Å²) in [7, 11) is 0. The smallest absolute Gasteiger partial charge is 0.292 e. The number of fused-ring (bicyclic) bond motifs is 1. The molecule has 2 N–H and O–H groups in total. The molecular formula is C13H14N4O2. The van der Waals surface area contributed by atoms with Crippen LogP contribution in [0.4, 0.5) is 11.4 Å². The molecule has 2 aromatic rings. The highest BCUT2D eigenvalue weighted by molar-refractivity contribution is 5.61. The second kappa shape index (κ2) is 4.72. The van der Waals surface area contributed by atoms with Gasteiger partial charge in [-0.15, -0.1) is 0 Å². The van der Waals surface area contributed by atoms with Crippen molar-refractivity contribution in [2.24, 2.45) is 0 Å². The molecule has 1 unspecified atom stereocenters. The number of H-pyrrole nitrogens is 1. The van der Waals surface area contributed by atoms with Crippen molar-refractivity contribution in [3.8, 4) is 0 Å². The zero-order valence-electron chi connectivity index (χ0n) is 10.3. The Balaban J connectivity index is 1.78. The third-order valence-corrected chi connectivity index (χ3v) is 3.48. The summed E-state index contributed by atoms with van der Waals surface area (Å²) in [6, 6.07) is 6.98. The minimum Gasteiger partial charge on any atom is -0.376 e. The minimum atomic E-state index is -0.353. The summed E-state index contributed by atoms with van der Waals surface area (Å²) in [6.07, 6.45) is 4.55. The number of nitro groups is 1. The van der Waals surface area contributed by atoms with Crippen LogP contribution in [-0.4, -0.2) is 21.2 Å². The first-order valence-corrected chi connectivity index (χ1v) is 6.25. The van der Waals surface area contributed by atoms with Crippen molar-refractivity contribution in [2.75, 3.05) is 5.32 Å². The van der Waals surface area contributed by atoms with E-state index in [4.69, 9.17) is 0 Å². The molecule has 1 atom stereocenters. The van der Waals surface area contributed by atoms with Gasteiger partial charge in [-0.05, 0) is 30.9 Å². The molecule has 6 nitrogen and oxygen atoms in total. The summed E-state index contributed by atoms with van der Waals surface area (Å²) in [5, 5.41) is 21.3. The van der Waals surface area contributed by atoms with Gasteiger partial charge < -0.3 is 5.32 Å². The van der Waals surface area contributed by atoms with E-state index in [9.17, 15) is 10.1 Å². The van der Waals surface area contributed by atoms with Crippen molar-refractivity contribution in [1.82, 2.24) is 10.2 Å². The summed E-state index contributed by atoms with van der Waals surface area (Å²) < 4.78 is 0. The number of hydrogen-bond donors (Lipinski definition) is 2. The Morgan fingerprint density at radius 1 is 1.42 bits per heavy atom. The van der Waals surface area contributed by atoms with Gasteiger partial charge in [-0.1, -0.05) is 12.1 Å². The van der Waals surface area contributed by atoms with E-state index in [1.807, 2.05) is 6.20 Å².